The van der Waals surface area contributed by atoms with Gasteiger partial charge < -0.3 is 10.3 Å². The van der Waals surface area contributed by atoms with Gasteiger partial charge in [-0.05, 0) is 35.9 Å². The number of amides is 1. The molecule has 0 aliphatic heterocycles. The topological polar surface area (TPSA) is 112 Å². The van der Waals surface area contributed by atoms with Crippen LogP contribution < -0.4 is 5.32 Å². The van der Waals surface area contributed by atoms with Crippen LogP contribution in [0.5, 0.6) is 0 Å². The van der Waals surface area contributed by atoms with Crippen molar-refractivity contribution in [1.29, 1.82) is 0 Å². The van der Waals surface area contributed by atoms with E-state index in [1.807, 2.05) is 38.1 Å². The second-order valence-corrected chi connectivity index (χ2v) is 9.14. The van der Waals surface area contributed by atoms with E-state index in [0.29, 0.717) is 11.4 Å². The highest BCUT2D eigenvalue weighted by Crippen LogP contribution is 2.34. The van der Waals surface area contributed by atoms with Crippen LogP contribution in [0.1, 0.15) is 13.8 Å². The number of aromatic amines is 2. The first-order valence-electron chi connectivity index (χ1n) is 11.8. The number of carbonyl (C=O) groups excluding carboxylic acids is 1. The summed E-state index contributed by atoms with van der Waals surface area (Å²) in [6, 6.07) is 12.3. The number of rotatable bonds is 5. The molecule has 8 nitrogen and oxygen atoms in total. The van der Waals surface area contributed by atoms with Gasteiger partial charge in [0.25, 0.3) is 0 Å². The van der Waals surface area contributed by atoms with Gasteiger partial charge in [-0.2, -0.15) is 5.10 Å². The predicted molar refractivity (Wildman–Crippen MR) is 141 cm³/mol. The summed E-state index contributed by atoms with van der Waals surface area (Å²) in [5.74, 6) is -0.518. The average Bonchev–Trinajstić information content (AvgIpc) is 3.52. The molecule has 1 aromatic carbocycles. The van der Waals surface area contributed by atoms with Crippen molar-refractivity contribution in [2.45, 2.75) is 13.8 Å². The van der Waals surface area contributed by atoms with E-state index in [1.165, 1.54) is 12.1 Å². The fourth-order valence-electron chi connectivity index (χ4n) is 4.28. The van der Waals surface area contributed by atoms with Crippen LogP contribution in [0, 0.1) is 11.7 Å². The van der Waals surface area contributed by atoms with E-state index in [1.54, 1.807) is 37.1 Å². The molecular weight excluding hydrogens is 469 g/mol. The molecule has 182 valence electrons. The third-order valence-electron chi connectivity index (χ3n) is 6.21. The normalized spacial score (nSPS) is 11.5. The molecule has 0 saturated carbocycles. The van der Waals surface area contributed by atoms with Gasteiger partial charge in [-0.1, -0.05) is 26.0 Å². The van der Waals surface area contributed by atoms with Crippen LogP contribution in [0.2, 0.25) is 0 Å². The Kier molecular flexibility index (Phi) is 5.45. The summed E-state index contributed by atoms with van der Waals surface area (Å²) in [5.41, 5.74) is 6.76. The smallest absolute Gasteiger partial charge is 0.226 e. The van der Waals surface area contributed by atoms with Gasteiger partial charge in [-0.15, -0.1) is 0 Å². The van der Waals surface area contributed by atoms with Gasteiger partial charge in [0, 0.05) is 40.2 Å². The van der Waals surface area contributed by atoms with Crippen LogP contribution in [0.4, 0.5) is 10.1 Å². The lowest BCUT2D eigenvalue weighted by atomic mass is 10.0. The molecular formula is C28H22FN7O. The van der Waals surface area contributed by atoms with Crippen LogP contribution in [-0.2, 0) is 4.79 Å². The zero-order chi connectivity index (χ0) is 25.5. The molecule has 0 atom stereocenters. The second-order valence-electron chi connectivity index (χ2n) is 9.14. The van der Waals surface area contributed by atoms with Gasteiger partial charge in [0.2, 0.25) is 5.91 Å². The molecule has 0 aliphatic carbocycles. The Labute approximate surface area is 211 Å². The molecule has 0 fully saturated rings. The average molecular weight is 492 g/mol. The number of fused-ring (bicyclic) bond motifs is 2. The first-order chi connectivity index (χ1) is 18.0. The Morgan fingerprint density at radius 2 is 1.78 bits per heavy atom. The summed E-state index contributed by atoms with van der Waals surface area (Å²) < 4.78 is 13.9. The second kappa shape index (κ2) is 8.94. The molecule has 0 unspecified atom stereocenters. The maximum atomic E-state index is 13.9. The molecule has 0 bridgehead atoms. The van der Waals surface area contributed by atoms with Crippen molar-refractivity contribution in [2.75, 3.05) is 5.32 Å². The molecule has 9 heteroatoms. The Balaban J connectivity index is 1.41. The molecule has 0 spiro atoms. The number of nitrogens with zero attached hydrogens (tertiary/aromatic N) is 4. The lowest BCUT2D eigenvalue weighted by Crippen LogP contribution is -2.17. The van der Waals surface area contributed by atoms with E-state index in [9.17, 15) is 9.18 Å². The quantitative estimate of drug-likeness (QED) is 0.275. The fraction of sp³-hybridized carbons (Fsp3) is 0.107. The van der Waals surface area contributed by atoms with Crippen molar-refractivity contribution >= 4 is 33.4 Å². The van der Waals surface area contributed by atoms with Crippen molar-refractivity contribution in [3.05, 3.63) is 79.3 Å². The number of benzene rings is 1. The zero-order valence-electron chi connectivity index (χ0n) is 20.1. The highest BCUT2D eigenvalue weighted by Gasteiger charge is 2.16. The zero-order valence-corrected chi connectivity index (χ0v) is 20.1. The molecule has 0 saturated heterocycles. The maximum Gasteiger partial charge on any atom is 0.226 e. The standard InChI is InChI=1S/C28H22FN7O/c1-15(2)28(37)33-19-7-17(10-30-11-19)23-9-21-26(14-32-23)35-36-27(21)24-8-20-22(12-31-13-25(20)34-24)16-4-3-5-18(29)6-16/h3-15,34H,1-2H3,(H,33,37)(H,35,36). The summed E-state index contributed by atoms with van der Waals surface area (Å²) in [5, 5.41) is 12.2. The van der Waals surface area contributed by atoms with E-state index in [0.717, 1.165) is 49.9 Å². The van der Waals surface area contributed by atoms with E-state index in [2.05, 4.69) is 35.5 Å². The van der Waals surface area contributed by atoms with Gasteiger partial charge in [0.05, 0.1) is 46.7 Å². The monoisotopic (exact) mass is 491 g/mol. The molecule has 0 radical (unpaired) electrons. The number of hydrogen-bond donors (Lipinski definition) is 3. The Morgan fingerprint density at radius 3 is 2.62 bits per heavy atom. The van der Waals surface area contributed by atoms with Crippen molar-refractivity contribution in [3.63, 3.8) is 0 Å². The Morgan fingerprint density at radius 1 is 0.919 bits per heavy atom. The highest BCUT2D eigenvalue weighted by atomic mass is 19.1. The van der Waals surface area contributed by atoms with Crippen molar-refractivity contribution in [2.24, 2.45) is 5.92 Å². The van der Waals surface area contributed by atoms with Crippen LogP contribution >= 0.6 is 0 Å². The molecule has 1 amide bonds. The van der Waals surface area contributed by atoms with E-state index in [-0.39, 0.29) is 17.6 Å². The summed E-state index contributed by atoms with van der Waals surface area (Å²) in [7, 11) is 0. The lowest BCUT2D eigenvalue weighted by Gasteiger charge is -2.08. The van der Waals surface area contributed by atoms with Gasteiger partial charge in [-0.3, -0.25) is 24.8 Å². The third kappa shape index (κ3) is 4.20. The van der Waals surface area contributed by atoms with Crippen LogP contribution in [0.15, 0.2) is 73.4 Å². The minimum Gasteiger partial charge on any atom is -0.352 e. The Hall–Kier alpha value is -4.92. The van der Waals surface area contributed by atoms with Crippen LogP contribution in [0.25, 0.3) is 55.6 Å². The highest BCUT2D eigenvalue weighted by molar-refractivity contribution is 6.01. The van der Waals surface area contributed by atoms with Gasteiger partial charge in [0.1, 0.15) is 11.5 Å². The van der Waals surface area contributed by atoms with E-state index >= 15 is 0 Å². The first-order valence-corrected chi connectivity index (χ1v) is 11.8. The summed E-state index contributed by atoms with van der Waals surface area (Å²) in [4.78, 5) is 28.7. The fourth-order valence-corrected chi connectivity index (χ4v) is 4.28. The lowest BCUT2D eigenvalue weighted by molar-refractivity contribution is -0.118. The molecule has 6 rings (SSSR count). The van der Waals surface area contributed by atoms with Gasteiger partial charge >= 0.3 is 0 Å². The minimum absolute atomic E-state index is 0.0783. The van der Waals surface area contributed by atoms with Gasteiger partial charge in [-0.25, -0.2) is 4.39 Å². The first kappa shape index (κ1) is 22.5. The van der Waals surface area contributed by atoms with Crippen LogP contribution in [-0.4, -0.2) is 36.0 Å². The summed E-state index contributed by atoms with van der Waals surface area (Å²) in [6.07, 6.45) is 8.52. The third-order valence-corrected chi connectivity index (χ3v) is 6.21. The number of pyridine rings is 3. The number of nitrogens with one attached hydrogen (secondary N) is 3. The number of H-pyrrole nitrogens is 2. The number of carbonyl (C=O) groups is 1. The molecule has 37 heavy (non-hydrogen) atoms. The molecule has 5 aromatic heterocycles. The molecule has 6 aromatic rings. The largest absolute Gasteiger partial charge is 0.352 e. The summed E-state index contributed by atoms with van der Waals surface area (Å²) in [6.45, 7) is 3.67. The van der Waals surface area contributed by atoms with E-state index < -0.39 is 0 Å². The molecule has 0 aliphatic rings. The predicted octanol–water partition coefficient (Wildman–Crippen LogP) is 5.96. The van der Waals surface area contributed by atoms with Gasteiger partial charge in [0.15, 0.2) is 0 Å². The number of anilines is 1. The van der Waals surface area contributed by atoms with E-state index in [4.69, 9.17) is 0 Å². The maximum absolute atomic E-state index is 13.9. The Bertz CT molecular complexity index is 1790. The molecule has 5 heterocycles. The van der Waals surface area contributed by atoms with Crippen molar-refractivity contribution in [1.82, 2.24) is 30.1 Å². The van der Waals surface area contributed by atoms with Crippen LogP contribution in [0.3, 0.4) is 0 Å². The van der Waals surface area contributed by atoms with Crippen molar-refractivity contribution < 1.29 is 9.18 Å². The minimum atomic E-state index is -0.300. The number of halogens is 1. The molecule has 3 N–H and O–H groups in total. The number of hydrogen-bond acceptors (Lipinski definition) is 5. The van der Waals surface area contributed by atoms with Crippen molar-refractivity contribution in [3.8, 4) is 33.8 Å². The number of aromatic nitrogens is 6. The SMILES string of the molecule is CC(C)C(=O)Nc1cncc(-c2cc3c(-c4cc5c(-c6cccc(F)c6)cncc5[nH]4)n[nH]c3cn2)c1. The summed E-state index contributed by atoms with van der Waals surface area (Å²) >= 11 is 0.